The first kappa shape index (κ1) is 14.8. The summed E-state index contributed by atoms with van der Waals surface area (Å²) >= 11 is 0. The topological polar surface area (TPSA) is 53.5 Å². The second kappa shape index (κ2) is 7.24. The van der Waals surface area contributed by atoms with Gasteiger partial charge in [0.1, 0.15) is 0 Å². The Morgan fingerprint density at radius 3 is 2.33 bits per heavy atom. The van der Waals surface area contributed by atoms with Crippen LogP contribution < -0.4 is 10.7 Å². The average molecular weight is 281 g/mol. The summed E-state index contributed by atoms with van der Waals surface area (Å²) in [6.07, 6.45) is 1.62. The molecule has 2 rings (SSSR count). The van der Waals surface area contributed by atoms with Gasteiger partial charge < -0.3 is 5.32 Å². The third kappa shape index (κ3) is 4.76. The number of carbonyl (C=O) groups excluding carboxylic acids is 1. The Bertz CT molecular complexity index is 604. The van der Waals surface area contributed by atoms with Crippen molar-refractivity contribution in [1.29, 1.82) is 0 Å². The summed E-state index contributed by atoms with van der Waals surface area (Å²) in [6.45, 7) is 4.30. The number of carbonyl (C=O) groups is 1. The number of para-hydroxylation sites is 1. The molecular formula is C17H19N3O. The standard InChI is InChI=1S/C17H19N3O/c1-13(2)15-10-8-14(9-11-15)12-18-20-17(21)19-16-6-4-3-5-7-16/h3-13H,1-2H3,(H2,19,20,21)/b18-12+. The Hall–Kier alpha value is -2.62. The zero-order chi connectivity index (χ0) is 15.1. The van der Waals surface area contributed by atoms with Crippen LogP contribution in [0.4, 0.5) is 10.5 Å². The number of hydrogen-bond donors (Lipinski definition) is 2. The molecule has 108 valence electrons. The van der Waals surface area contributed by atoms with Gasteiger partial charge in [-0.15, -0.1) is 0 Å². The Labute approximate surface area is 124 Å². The SMILES string of the molecule is CC(C)c1ccc(/C=N/NC(=O)Nc2ccccc2)cc1. The summed E-state index contributed by atoms with van der Waals surface area (Å²) in [5, 5.41) is 6.61. The predicted molar refractivity (Wildman–Crippen MR) is 86.7 cm³/mol. The molecule has 0 aliphatic carbocycles. The maximum Gasteiger partial charge on any atom is 0.339 e. The number of urea groups is 1. The molecule has 0 saturated carbocycles. The lowest BCUT2D eigenvalue weighted by molar-refractivity contribution is 0.252. The Kier molecular flexibility index (Phi) is 5.10. The highest BCUT2D eigenvalue weighted by molar-refractivity contribution is 5.90. The maximum atomic E-state index is 11.6. The van der Waals surface area contributed by atoms with Gasteiger partial charge in [-0.3, -0.25) is 0 Å². The number of hydrogen-bond acceptors (Lipinski definition) is 2. The van der Waals surface area contributed by atoms with E-state index in [9.17, 15) is 4.79 Å². The second-order valence-electron chi connectivity index (χ2n) is 5.01. The van der Waals surface area contributed by atoms with E-state index in [1.165, 1.54) is 5.56 Å². The van der Waals surface area contributed by atoms with E-state index in [0.29, 0.717) is 5.92 Å². The monoisotopic (exact) mass is 281 g/mol. The van der Waals surface area contributed by atoms with Crippen LogP contribution >= 0.6 is 0 Å². The van der Waals surface area contributed by atoms with E-state index in [1.54, 1.807) is 6.21 Å². The predicted octanol–water partition coefficient (Wildman–Crippen LogP) is 3.97. The quantitative estimate of drug-likeness (QED) is 0.646. The lowest BCUT2D eigenvalue weighted by Crippen LogP contribution is -2.24. The number of rotatable bonds is 4. The molecular weight excluding hydrogens is 262 g/mol. The first-order valence-corrected chi connectivity index (χ1v) is 6.90. The Morgan fingerprint density at radius 2 is 1.71 bits per heavy atom. The maximum absolute atomic E-state index is 11.6. The molecule has 0 radical (unpaired) electrons. The van der Waals surface area contributed by atoms with Crippen LogP contribution in [0, 0.1) is 0 Å². The fraction of sp³-hybridized carbons (Fsp3) is 0.176. The summed E-state index contributed by atoms with van der Waals surface area (Å²) < 4.78 is 0. The van der Waals surface area contributed by atoms with Crippen LogP contribution in [0.2, 0.25) is 0 Å². The number of nitrogens with one attached hydrogen (secondary N) is 2. The van der Waals surface area contributed by atoms with Gasteiger partial charge in [-0.2, -0.15) is 5.10 Å². The van der Waals surface area contributed by atoms with Gasteiger partial charge in [0.25, 0.3) is 0 Å². The van der Waals surface area contributed by atoms with Crippen LogP contribution in [0.15, 0.2) is 59.7 Å². The molecule has 0 heterocycles. The van der Waals surface area contributed by atoms with Crippen LogP contribution in [0.25, 0.3) is 0 Å². The van der Waals surface area contributed by atoms with Crippen molar-refractivity contribution in [3.05, 3.63) is 65.7 Å². The molecule has 0 saturated heterocycles. The average Bonchev–Trinajstić information content (AvgIpc) is 2.49. The van der Waals surface area contributed by atoms with Gasteiger partial charge in [-0.05, 0) is 29.2 Å². The number of anilines is 1. The zero-order valence-electron chi connectivity index (χ0n) is 12.2. The molecule has 0 bridgehead atoms. The third-order valence-electron chi connectivity index (χ3n) is 3.01. The minimum atomic E-state index is -0.365. The van der Waals surface area contributed by atoms with Gasteiger partial charge in [0, 0.05) is 5.69 Å². The van der Waals surface area contributed by atoms with E-state index >= 15 is 0 Å². The molecule has 0 spiro atoms. The van der Waals surface area contributed by atoms with Crippen molar-refractivity contribution in [3.63, 3.8) is 0 Å². The highest BCUT2D eigenvalue weighted by Gasteiger charge is 1.99. The smallest absolute Gasteiger partial charge is 0.307 e. The van der Waals surface area contributed by atoms with E-state index in [0.717, 1.165) is 11.3 Å². The largest absolute Gasteiger partial charge is 0.339 e. The van der Waals surface area contributed by atoms with Crippen molar-refractivity contribution < 1.29 is 4.79 Å². The first-order chi connectivity index (χ1) is 10.1. The highest BCUT2D eigenvalue weighted by atomic mass is 16.2. The van der Waals surface area contributed by atoms with Crippen molar-refractivity contribution >= 4 is 17.9 Å². The lowest BCUT2D eigenvalue weighted by atomic mass is 10.0. The number of benzene rings is 2. The molecule has 0 aliphatic heterocycles. The molecule has 4 heteroatoms. The Balaban J connectivity index is 1.86. The molecule has 0 aromatic heterocycles. The minimum absolute atomic E-state index is 0.365. The van der Waals surface area contributed by atoms with Gasteiger partial charge in [-0.25, -0.2) is 10.2 Å². The molecule has 0 fully saturated rings. The van der Waals surface area contributed by atoms with E-state index < -0.39 is 0 Å². The lowest BCUT2D eigenvalue weighted by Gasteiger charge is -2.05. The van der Waals surface area contributed by atoms with Crippen molar-refractivity contribution in [3.8, 4) is 0 Å². The normalized spacial score (nSPS) is 10.8. The van der Waals surface area contributed by atoms with Crippen molar-refractivity contribution in [1.82, 2.24) is 5.43 Å². The van der Waals surface area contributed by atoms with E-state index in [4.69, 9.17) is 0 Å². The third-order valence-corrected chi connectivity index (χ3v) is 3.01. The summed E-state index contributed by atoms with van der Waals surface area (Å²) in [6, 6.07) is 17.0. The second-order valence-corrected chi connectivity index (χ2v) is 5.01. The fourth-order valence-electron chi connectivity index (χ4n) is 1.81. The number of nitrogens with zero attached hydrogens (tertiary/aromatic N) is 1. The van der Waals surface area contributed by atoms with Crippen LogP contribution in [0.3, 0.4) is 0 Å². The van der Waals surface area contributed by atoms with Crippen molar-refractivity contribution in [2.45, 2.75) is 19.8 Å². The molecule has 2 aromatic carbocycles. The highest BCUT2D eigenvalue weighted by Crippen LogP contribution is 2.13. The molecule has 2 aromatic rings. The van der Waals surface area contributed by atoms with Crippen LogP contribution in [-0.2, 0) is 0 Å². The van der Waals surface area contributed by atoms with Gasteiger partial charge in [0.15, 0.2) is 0 Å². The molecule has 2 N–H and O–H groups in total. The molecule has 2 amide bonds. The van der Waals surface area contributed by atoms with Gasteiger partial charge in [0.2, 0.25) is 0 Å². The summed E-state index contributed by atoms with van der Waals surface area (Å²) in [7, 11) is 0. The zero-order valence-corrected chi connectivity index (χ0v) is 12.2. The van der Waals surface area contributed by atoms with E-state index in [2.05, 4.69) is 41.8 Å². The van der Waals surface area contributed by atoms with Crippen LogP contribution in [0.5, 0.6) is 0 Å². The van der Waals surface area contributed by atoms with Crippen LogP contribution in [-0.4, -0.2) is 12.2 Å². The summed E-state index contributed by atoms with van der Waals surface area (Å²) in [5.41, 5.74) is 5.39. The number of amides is 2. The van der Waals surface area contributed by atoms with E-state index in [1.807, 2.05) is 42.5 Å². The summed E-state index contributed by atoms with van der Waals surface area (Å²) in [5.74, 6) is 0.505. The molecule has 4 nitrogen and oxygen atoms in total. The minimum Gasteiger partial charge on any atom is -0.307 e. The van der Waals surface area contributed by atoms with Gasteiger partial charge >= 0.3 is 6.03 Å². The molecule has 0 unspecified atom stereocenters. The first-order valence-electron chi connectivity index (χ1n) is 6.90. The van der Waals surface area contributed by atoms with Crippen molar-refractivity contribution in [2.24, 2.45) is 5.10 Å². The molecule has 21 heavy (non-hydrogen) atoms. The van der Waals surface area contributed by atoms with Crippen molar-refractivity contribution in [2.75, 3.05) is 5.32 Å². The Morgan fingerprint density at radius 1 is 1.05 bits per heavy atom. The van der Waals surface area contributed by atoms with Crippen LogP contribution in [0.1, 0.15) is 30.9 Å². The van der Waals surface area contributed by atoms with Gasteiger partial charge in [-0.1, -0.05) is 56.3 Å². The fourth-order valence-corrected chi connectivity index (χ4v) is 1.81. The summed E-state index contributed by atoms with van der Waals surface area (Å²) in [4.78, 5) is 11.6. The molecule has 0 atom stereocenters. The van der Waals surface area contributed by atoms with E-state index in [-0.39, 0.29) is 6.03 Å². The molecule has 0 aliphatic rings. The number of hydrazone groups is 1. The van der Waals surface area contributed by atoms with Gasteiger partial charge in [0.05, 0.1) is 6.21 Å².